The summed E-state index contributed by atoms with van der Waals surface area (Å²) in [6, 6.07) is 0. The van der Waals surface area contributed by atoms with E-state index in [0.29, 0.717) is 5.92 Å². The maximum absolute atomic E-state index is 12.6. The van der Waals surface area contributed by atoms with Crippen molar-refractivity contribution in [3.8, 4) is 0 Å². The first-order valence-corrected chi connectivity index (χ1v) is 10.2. The van der Waals surface area contributed by atoms with E-state index in [1.54, 1.807) is 0 Å². The van der Waals surface area contributed by atoms with Crippen molar-refractivity contribution in [2.75, 3.05) is 0 Å². The number of halogens is 1. The van der Waals surface area contributed by atoms with Crippen LogP contribution in [0.5, 0.6) is 0 Å². The lowest BCUT2D eigenvalue weighted by molar-refractivity contribution is -0.194. The molecule has 0 unspecified atom stereocenters. The summed E-state index contributed by atoms with van der Waals surface area (Å²) < 4.78 is 0. The third kappa shape index (κ3) is 2.12. The molecular weight excluding hydrogens is 338 g/mol. The summed E-state index contributed by atoms with van der Waals surface area (Å²) in [5, 5.41) is 12.6. The fourth-order valence-electron chi connectivity index (χ4n) is 7.71. The molecule has 1 spiro atoms. The van der Waals surface area contributed by atoms with Gasteiger partial charge in [-0.05, 0) is 76.0 Å². The molecule has 2 N–H and O–H groups in total. The third-order valence-electron chi connectivity index (χ3n) is 8.72. The van der Waals surface area contributed by atoms with Crippen LogP contribution in [-0.2, 0) is 9.59 Å². The van der Waals surface area contributed by atoms with Crippen LogP contribution in [0, 0.1) is 28.1 Å². The van der Waals surface area contributed by atoms with Crippen LogP contribution >= 0.6 is 11.6 Å². The third-order valence-corrected chi connectivity index (χ3v) is 9.35. The van der Waals surface area contributed by atoms with Gasteiger partial charge in [0, 0.05) is 11.0 Å². The van der Waals surface area contributed by atoms with Gasteiger partial charge in [-0.25, -0.2) is 0 Å². The Balaban J connectivity index is 1.79. The van der Waals surface area contributed by atoms with Crippen molar-refractivity contribution in [3.63, 3.8) is 0 Å². The lowest BCUT2D eigenvalue weighted by atomic mass is 9.38. The van der Waals surface area contributed by atoms with Crippen molar-refractivity contribution in [2.45, 2.75) is 83.1 Å². The topological polar surface area (TPSA) is 66.4 Å². The van der Waals surface area contributed by atoms with Gasteiger partial charge in [-0.3, -0.25) is 9.59 Å². The molecule has 5 heteroatoms. The molecule has 4 aliphatic rings. The smallest absolute Gasteiger partial charge is 0.309 e. The average molecular weight is 368 g/mol. The SMILES string of the molecule is C[C@]12CC[C@H]3[C@]4(C)CCC[C@@](C)(C(=O)O)[C@H]4CC[C@@]3(C1)[C@H](Cl)C(=O)N2. The molecule has 0 aromatic carbocycles. The van der Waals surface area contributed by atoms with Gasteiger partial charge in [0.2, 0.25) is 5.91 Å². The second kappa shape index (κ2) is 5.15. The van der Waals surface area contributed by atoms with Crippen molar-refractivity contribution < 1.29 is 14.7 Å². The Bertz CT molecular complexity index is 638. The maximum atomic E-state index is 12.6. The molecule has 7 atom stereocenters. The summed E-state index contributed by atoms with van der Waals surface area (Å²) in [6.07, 6.45) is 7.51. The van der Waals surface area contributed by atoms with Crippen molar-refractivity contribution in [2.24, 2.45) is 28.1 Å². The van der Waals surface area contributed by atoms with Crippen LogP contribution in [0.3, 0.4) is 0 Å². The molecule has 1 heterocycles. The highest BCUT2D eigenvalue weighted by molar-refractivity contribution is 6.31. The van der Waals surface area contributed by atoms with E-state index in [1.165, 1.54) is 0 Å². The van der Waals surface area contributed by atoms with Crippen molar-refractivity contribution in [1.29, 1.82) is 0 Å². The Morgan fingerprint density at radius 3 is 2.48 bits per heavy atom. The zero-order chi connectivity index (χ0) is 18.3. The van der Waals surface area contributed by atoms with E-state index in [4.69, 9.17) is 11.6 Å². The molecule has 0 aromatic rings. The largest absolute Gasteiger partial charge is 0.481 e. The first kappa shape index (κ1) is 17.6. The zero-order valence-electron chi connectivity index (χ0n) is 15.5. The average Bonchev–Trinajstić information content (AvgIpc) is 2.51. The van der Waals surface area contributed by atoms with Gasteiger partial charge in [-0.15, -0.1) is 11.6 Å². The molecule has 1 amide bonds. The lowest BCUT2D eigenvalue weighted by Gasteiger charge is -2.68. The van der Waals surface area contributed by atoms with E-state index >= 15 is 0 Å². The predicted molar refractivity (Wildman–Crippen MR) is 96.4 cm³/mol. The standard InChI is InChI=1S/C20H30ClNO3/c1-17-9-5-13-18(2)7-4-8-19(3,16(24)25)12(18)6-10-20(13,11-17)14(21)15(23)22-17/h12-14H,4-11H2,1-3H3,(H,22,23)(H,24,25)/t12-,13-,14+,17-,18+,19+,20-/m0/s1. The first-order valence-electron chi connectivity index (χ1n) is 9.77. The Labute approximate surface area is 155 Å². The van der Waals surface area contributed by atoms with E-state index in [0.717, 1.165) is 51.4 Å². The minimum absolute atomic E-state index is 0.0148. The number of carbonyl (C=O) groups is 2. The van der Waals surface area contributed by atoms with Gasteiger partial charge < -0.3 is 10.4 Å². The fourth-order valence-corrected chi connectivity index (χ4v) is 8.10. The van der Waals surface area contributed by atoms with E-state index in [-0.39, 0.29) is 28.2 Å². The fraction of sp³-hybridized carbons (Fsp3) is 0.900. The quantitative estimate of drug-likeness (QED) is 0.689. The van der Waals surface area contributed by atoms with Gasteiger partial charge in [0.25, 0.3) is 0 Å². The van der Waals surface area contributed by atoms with Gasteiger partial charge in [-0.2, -0.15) is 0 Å². The minimum atomic E-state index is -0.649. The highest BCUT2D eigenvalue weighted by Crippen LogP contribution is 2.70. The highest BCUT2D eigenvalue weighted by Gasteiger charge is 2.68. The van der Waals surface area contributed by atoms with Crippen LogP contribution in [0.4, 0.5) is 0 Å². The highest BCUT2D eigenvalue weighted by atomic mass is 35.5. The molecule has 1 aliphatic heterocycles. The van der Waals surface area contributed by atoms with Crippen molar-refractivity contribution in [3.05, 3.63) is 0 Å². The Kier molecular flexibility index (Phi) is 3.63. The van der Waals surface area contributed by atoms with E-state index in [1.807, 2.05) is 6.92 Å². The van der Waals surface area contributed by atoms with Crippen LogP contribution in [-0.4, -0.2) is 27.9 Å². The summed E-state index contributed by atoms with van der Waals surface area (Å²) in [4.78, 5) is 24.7. The van der Waals surface area contributed by atoms with Crippen LogP contribution in [0.1, 0.15) is 72.1 Å². The van der Waals surface area contributed by atoms with E-state index < -0.39 is 16.8 Å². The number of aliphatic carboxylic acids is 1. The number of hydrogen-bond acceptors (Lipinski definition) is 2. The molecule has 3 saturated carbocycles. The molecule has 140 valence electrons. The number of piperidine rings is 1. The van der Waals surface area contributed by atoms with Crippen LogP contribution in [0.15, 0.2) is 0 Å². The number of amides is 1. The molecule has 3 aliphatic carbocycles. The van der Waals surface area contributed by atoms with Gasteiger partial charge in [0.15, 0.2) is 0 Å². The number of carbonyl (C=O) groups excluding carboxylic acids is 1. The lowest BCUT2D eigenvalue weighted by Crippen LogP contribution is -2.71. The number of nitrogens with one attached hydrogen (secondary N) is 1. The second-order valence-electron chi connectivity index (χ2n) is 10.1. The molecule has 25 heavy (non-hydrogen) atoms. The molecule has 1 saturated heterocycles. The molecule has 0 radical (unpaired) electrons. The normalized spacial score (nSPS) is 54.9. The Morgan fingerprint density at radius 1 is 1.12 bits per heavy atom. The van der Waals surface area contributed by atoms with Crippen LogP contribution in [0.25, 0.3) is 0 Å². The van der Waals surface area contributed by atoms with Crippen LogP contribution < -0.4 is 5.32 Å². The summed E-state index contributed by atoms with van der Waals surface area (Å²) in [7, 11) is 0. The van der Waals surface area contributed by atoms with E-state index in [2.05, 4.69) is 19.2 Å². The molecule has 4 nitrogen and oxygen atoms in total. The number of alkyl halides is 1. The predicted octanol–water partition coefficient (Wildman–Crippen LogP) is 3.96. The molecule has 4 fully saturated rings. The van der Waals surface area contributed by atoms with E-state index in [9.17, 15) is 14.7 Å². The molecule has 4 rings (SSSR count). The number of carboxylic acid groups (broad SMARTS) is 1. The second-order valence-corrected chi connectivity index (χ2v) is 10.5. The van der Waals surface area contributed by atoms with Gasteiger partial charge >= 0.3 is 5.97 Å². The van der Waals surface area contributed by atoms with Crippen molar-refractivity contribution >= 4 is 23.5 Å². The zero-order valence-corrected chi connectivity index (χ0v) is 16.3. The summed E-state index contributed by atoms with van der Waals surface area (Å²) in [5.74, 6) is -0.137. The summed E-state index contributed by atoms with van der Waals surface area (Å²) in [6.45, 7) is 6.42. The monoisotopic (exact) mass is 367 g/mol. The summed E-state index contributed by atoms with van der Waals surface area (Å²) in [5.41, 5.74) is -0.990. The van der Waals surface area contributed by atoms with Gasteiger partial charge in [0.05, 0.1) is 5.41 Å². The molecular formula is C20H30ClNO3. The number of hydrogen-bond donors (Lipinski definition) is 2. The summed E-state index contributed by atoms with van der Waals surface area (Å²) >= 11 is 6.76. The van der Waals surface area contributed by atoms with Gasteiger partial charge in [-0.1, -0.05) is 13.3 Å². The van der Waals surface area contributed by atoms with Crippen LogP contribution in [0.2, 0.25) is 0 Å². The van der Waals surface area contributed by atoms with Crippen molar-refractivity contribution in [1.82, 2.24) is 5.32 Å². The Morgan fingerprint density at radius 2 is 1.80 bits per heavy atom. The number of fused-ring (bicyclic) bond motifs is 3. The molecule has 2 bridgehead atoms. The molecule has 0 aromatic heterocycles. The number of rotatable bonds is 1. The number of carboxylic acids is 1. The first-order chi connectivity index (χ1) is 11.6. The Hall–Kier alpha value is -0.770. The minimum Gasteiger partial charge on any atom is -0.481 e. The maximum Gasteiger partial charge on any atom is 0.309 e. The van der Waals surface area contributed by atoms with Gasteiger partial charge in [0.1, 0.15) is 5.38 Å².